The number of nitrogens with zero attached hydrogens (tertiary/aromatic N) is 7. The van der Waals surface area contributed by atoms with E-state index < -0.39 is 12.1 Å². The molecule has 6 rings (SSSR count). The Labute approximate surface area is 311 Å². The van der Waals surface area contributed by atoms with Gasteiger partial charge in [0.2, 0.25) is 4.77 Å². The molecule has 0 spiro atoms. The van der Waals surface area contributed by atoms with Gasteiger partial charge in [-0.1, -0.05) is 78.8 Å². The van der Waals surface area contributed by atoms with Gasteiger partial charge in [0, 0.05) is 24.3 Å². The van der Waals surface area contributed by atoms with Gasteiger partial charge in [0.15, 0.2) is 18.0 Å². The molecule has 1 saturated heterocycles. The number of anilines is 2. The van der Waals surface area contributed by atoms with Gasteiger partial charge in [-0.2, -0.15) is 14.4 Å². The fourth-order valence-electron chi connectivity index (χ4n) is 6.53. The van der Waals surface area contributed by atoms with Crippen molar-refractivity contribution in [1.29, 1.82) is 0 Å². The number of hydrogen-bond acceptors (Lipinski definition) is 8. The number of para-hydroxylation sites is 1. The summed E-state index contributed by atoms with van der Waals surface area (Å²) in [7, 11) is 0. The first kappa shape index (κ1) is 36.9. The van der Waals surface area contributed by atoms with E-state index in [1.807, 2.05) is 43.3 Å². The van der Waals surface area contributed by atoms with Gasteiger partial charge in [-0.25, -0.2) is 0 Å². The van der Waals surface area contributed by atoms with Crippen molar-refractivity contribution in [2.75, 3.05) is 23.4 Å². The smallest absolute Gasteiger partial charge is 0.280 e. The number of nitrogens with one attached hydrogen (secondary N) is 1. The average molecular weight is 723 g/mol. The predicted octanol–water partition coefficient (Wildman–Crippen LogP) is 7.97. The van der Waals surface area contributed by atoms with Crippen LogP contribution >= 0.6 is 12.2 Å². The molecule has 2 atom stereocenters. The van der Waals surface area contributed by atoms with Crippen LogP contribution in [-0.4, -0.2) is 61.5 Å². The molecule has 4 aromatic rings. The molecule has 3 aromatic carbocycles. The lowest BCUT2D eigenvalue weighted by Gasteiger charge is -2.31. The maximum absolute atomic E-state index is 14.1. The Hall–Kier alpha value is -4.84. The van der Waals surface area contributed by atoms with E-state index in [1.54, 1.807) is 28.9 Å². The summed E-state index contributed by atoms with van der Waals surface area (Å²) in [4.78, 5) is 29.8. The summed E-state index contributed by atoms with van der Waals surface area (Å²) < 4.78 is 9.81. The van der Waals surface area contributed by atoms with Crippen LogP contribution in [0.5, 0.6) is 5.75 Å². The van der Waals surface area contributed by atoms with Crippen molar-refractivity contribution in [3.63, 3.8) is 0 Å². The van der Waals surface area contributed by atoms with E-state index >= 15 is 0 Å². The molecule has 274 valence electrons. The van der Waals surface area contributed by atoms with E-state index in [9.17, 15) is 9.59 Å². The zero-order valence-corrected chi connectivity index (χ0v) is 32.1. The number of carbonyl (C=O) groups is 2. The highest BCUT2D eigenvalue weighted by atomic mass is 32.1. The first-order valence-electron chi connectivity index (χ1n) is 18.4. The van der Waals surface area contributed by atoms with Crippen LogP contribution in [0.15, 0.2) is 77.9 Å². The molecule has 11 nitrogen and oxygen atoms in total. The third-order valence-corrected chi connectivity index (χ3v) is 11.1. The van der Waals surface area contributed by atoms with Crippen molar-refractivity contribution < 1.29 is 14.3 Å². The van der Waals surface area contributed by atoms with Crippen molar-refractivity contribution in [2.24, 2.45) is 5.10 Å². The van der Waals surface area contributed by atoms with Crippen LogP contribution in [0.2, 0.25) is 0 Å². The SMILES string of the molecule is CCC(Oc1ccc(C(C)(C)CC)cc1C(C)(C)CC)C(=O)Nc1ccc(N2N=C(N3CCCC3)C(n3nnn(-c4ccccc4)c3=S)C2=O)cc1. The second-order valence-corrected chi connectivity index (χ2v) is 15.3. The highest BCUT2D eigenvalue weighted by Crippen LogP contribution is 2.39. The largest absolute Gasteiger partial charge is 0.480 e. The summed E-state index contributed by atoms with van der Waals surface area (Å²) in [6, 6.07) is 22.1. The Balaban J connectivity index is 1.21. The first-order chi connectivity index (χ1) is 24.9. The highest BCUT2D eigenvalue weighted by Gasteiger charge is 2.43. The van der Waals surface area contributed by atoms with Gasteiger partial charge in [0.1, 0.15) is 5.75 Å². The molecule has 0 aliphatic carbocycles. The second kappa shape index (κ2) is 15.0. The number of hydrogen-bond donors (Lipinski definition) is 1. The molecule has 1 N–H and O–H groups in total. The van der Waals surface area contributed by atoms with Crippen molar-refractivity contribution in [1.82, 2.24) is 24.7 Å². The van der Waals surface area contributed by atoms with E-state index in [0.29, 0.717) is 28.4 Å². The molecule has 2 aliphatic rings. The summed E-state index contributed by atoms with van der Waals surface area (Å²) in [5.41, 5.74) is 4.18. The van der Waals surface area contributed by atoms with Crippen molar-refractivity contribution in [3.8, 4) is 11.4 Å². The number of carbonyl (C=O) groups excluding carboxylic acids is 2. The number of tetrazole rings is 1. The molecular weight excluding hydrogens is 673 g/mol. The molecule has 12 heteroatoms. The number of likely N-dealkylation sites (tertiary alicyclic amines) is 1. The minimum absolute atomic E-state index is 0.0298. The van der Waals surface area contributed by atoms with Gasteiger partial charge < -0.3 is 15.0 Å². The van der Waals surface area contributed by atoms with E-state index in [4.69, 9.17) is 22.1 Å². The second-order valence-electron chi connectivity index (χ2n) is 14.9. The Morgan fingerprint density at radius 3 is 2.21 bits per heavy atom. The van der Waals surface area contributed by atoms with Gasteiger partial charge in [0.05, 0.1) is 11.4 Å². The van der Waals surface area contributed by atoms with Gasteiger partial charge in [-0.3, -0.25) is 9.59 Å². The molecular formula is C40H50N8O3S. The molecule has 1 aromatic heterocycles. The lowest BCUT2D eigenvalue weighted by Crippen LogP contribution is -2.37. The van der Waals surface area contributed by atoms with Crippen LogP contribution in [-0.2, 0) is 20.4 Å². The number of aromatic nitrogens is 4. The quantitative estimate of drug-likeness (QED) is 0.148. The first-order valence-corrected chi connectivity index (χ1v) is 18.8. The fraction of sp³-hybridized carbons (Fsp3) is 0.450. The van der Waals surface area contributed by atoms with Crippen molar-refractivity contribution in [3.05, 3.63) is 88.7 Å². The number of ether oxygens (including phenoxy) is 1. The number of rotatable bonds is 12. The Kier molecular flexibility index (Phi) is 10.7. The fourth-order valence-corrected chi connectivity index (χ4v) is 6.81. The summed E-state index contributed by atoms with van der Waals surface area (Å²) in [6.07, 6.45) is 3.77. The van der Waals surface area contributed by atoms with Crippen molar-refractivity contribution in [2.45, 2.75) is 104 Å². The van der Waals surface area contributed by atoms with Gasteiger partial charge >= 0.3 is 0 Å². The number of benzene rings is 3. The lowest BCUT2D eigenvalue weighted by atomic mass is 9.76. The molecule has 0 bridgehead atoms. The molecule has 52 heavy (non-hydrogen) atoms. The Morgan fingerprint density at radius 2 is 1.58 bits per heavy atom. The molecule has 3 heterocycles. The van der Waals surface area contributed by atoms with Gasteiger partial charge in [-0.15, -0.1) is 5.10 Å². The number of amides is 2. The predicted molar refractivity (Wildman–Crippen MR) is 208 cm³/mol. The average Bonchev–Trinajstić information content (AvgIpc) is 3.90. The van der Waals surface area contributed by atoms with Gasteiger partial charge in [-0.05, 0) is 114 Å². The topological polar surface area (TPSA) is 110 Å². The standard InChI is InChI=1S/C40H50N8O3S/c1-8-32(51-33-23-18-27(39(4,5)9-2)26-31(33)40(6,7)10-3)36(49)41-28-19-21-30(22-20-28)46-37(50)34(35(42-46)45-24-14-15-25-45)48-38(52)47(43-44-48)29-16-12-11-13-17-29/h11-13,16-23,26,32,34H,8-10,14-15,24-25H2,1-7H3,(H,41,49). The number of hydrazone groups is 1. The summed E-state index contributed by atoms with van der Waals surface area (Å²) in [6.45, 7) is 16.9. The van der Waals surface area contributed by atoms with E-state index in [2.05, 4.69) is 74.3 Å². The van der Waals surface area contributed by atoms with Gasteiger partial charge in [0.25, 0.3) is 11.8 Å². The Bertz CT molecular complexity index is 1990. The highest BCUT2D eigenvalue weighted by molar-refractivity contribution is 7.71. The maximum Gasteiger partial charge on any atom is 0.280 e. The zero-order chi connectivity index (χ0) is 37.2. The summed E-state index contributed by atoms with van der Waals surface area (Å²) in [5, 5.41) is 17.8. The zero-order valence-electron chi connectivity index (χ0n) is 31.3. The van der Waals surface area contributed by atoms with Crippen LogP contribution in [0.3, 0.4) is 0 Å². The lowest BCUT2D eigenvalue weighted by molar-refractivity contribution is -0.123. The van der Waals surface area contributed by atoms with Crippen LogP contribution < -0.4 is 15.1 Å². The van der Waals surface area contributed by atoms with Crippen LogP contribution in [0.1, 0.15) is 97.7 Å². The monoisotopic (exact) mass is 722 g/mol. The molecule has 0 radical (unpaired) electrons. The van der Waals surface area contributed by atoms with Crippen LogP contribution in [0.25, 0.3) is 5.69 Å². The van der Waals surface area contributed by atoms with E-state index in [-0.39, 0.29) is 22.6 Å². The molecule has 2 unspecified atom stereocenters. The third-order valence-electron chi connectivity index (χ3n) is 10.7. The minimum atomic E-state index is -0.852. The van der Waals surface area contributed by atoms with E-state index in [1.165, 1.54) is 15.3 Å². The summed E-state index contributed by atoms with van der Waals surface area (Å²) >= 11 is 5.77. The molecule has 0 saturated carbocycles. The summed E-state index contributed by atoms with van der Waals surface area (Å²) in [5.74, 6) is 0.804. The number of amidine groups is 1. The molecule has 2 aliphatic heterocycles. The molecule has 1 fully saturated rings. The van der Waals surface area contributed by atoms with Crippen LogP contribution in [0, 0.1) is 4.77 Å². The third kappa shape index (κ3) is 7.26. The van der Waals surface area contributed by atoms with Crippen LogP contribution in [0.4, 0.5) is 11.4 Å². The minimum Gasteiger partial charge on any atom is -0.480 e. The van der Waals surface area contributed by atoms with Crippen molar-refractivity contribution >= 4 is 41.2 Å². The normalized spacial score (nSPS) is 17.0. The Morgan fingerprint density at radius 1 is 0.904 bits per heavy atom. The molecule has 2 amide bonds. The van der Waals surface area contributed by atoms with E-state index in [0.717, 1.165) is 55.8 Å². The maximum atomic E-state index is 14.1.